The van der Waals surface area contributed by atoms with Crippen LogP contribution in [0.5, 0.6) is 0 Å². The standard InChI is InChI=1S/C5H13O14P3/c6-2-1-16-5(4(8)3(2)7)17-21(12,13)19-22(14,15)18-20(9,10)11/h2-8H,1H2,(H,12,13)(H,14,15)(H2,9,10,11)/t2-,3-,4+,5?/m1/s1. The average molecular weight is 390 g/mol. The van der Waals surface area contributed by atoms with E-state index in [2.05, 4.69) is 17.9 Å². The molecule has 6 atom stereocenters. The first-order chi connectivity index (χ1) is 9.72. The molecule has 0 amide bonds. The van der Waals surface area contributed by atoms with Gasteiger partial charge in [0.2, 0.25) is 0 Å². The van der Waals surface area contributed by atoms with E-state index in [0.717, 1.165) is 0 Å². The lowest BCUT2D eigenvalue weighted by atomic mass is 10.1. The van der Waals surface area contributed by atoms with Gasteiger partial charge in [0.25, 0.3) is 0 Å². The monoisotopic (exact) mass is 390 g/mol. The highest BCUT2D eigenvalue weighted by atomic mass is 31.3. The zero-order chi connectivity index (χ0) is 17.3. The second-order valence-electron chi connectivity index (χ2n) is 3.95. The van der Waals surface area contributed by atoms with Gasteiger partial charge in [-0.25, -0.2) is 13.7 Å². The first-order valence-corrected chi connectivity index (χ1v) is 9.72. The molecule has 0 aromatic carbocycles. The van der Waals surface area contributed by atoms with Crippen LogP contribution in [0.15, 0.2) is 0 Å². The summed E-state index contributed by atoms with van der Waals surface area (Å²) in [6.45, 7) is -0.612. The predicted octanol–water partition coefficient (Wildman–Crippen LogP) is -2.23. The molecule has 0 bridgehead atoms. The summed E-state index contributed by atoms with van der Waals surface area (Å²) in [7, 11) is -16.7. The molecule has 1 fully saturated rings. The van der Waals surface area contributed by atoms with Gasteiger partial charge in [0.1, 0.15) is 18.3 Å². The van der Waals surface area contributed by atoms with Gasteiger partial charge >= 0.3 is 23.5 Å². The molecule has 1 aliphatic rings. The van der Waals surface area contributed by atoms with Crippen LogP contribution in [0.25, 0.3) is 0 Å². The molecule has 1 aliphatic heterocycles. The van der Waals surface area contributed by atoms with Crippen LogP contribution in [0, 0.1) is 0 Å². The van der Waals surface area contributed by atoms with Gasteiger partial charge < -0.3 is 39.6 Å². The van der Waals surface area contributed by atoms with Crippen LogP contribution >= 0.6 is 23.5 Å². The Kier molecular flexibility index (Phi) is 6.47. The van der Waals surface area contributed by atoms with Crippen molar-refractivity contribution < 1.29 is 66.5 Å². The quantitative estimate of drug-likeness (QED) is 0.238. The highest BCUT2D eigenvalue weighted by molar-refractivity contribution is 7.66. The molecule has 0 saturated carbocycles. The van der Waals surface area contributed by atoms with Crippen LogP contribution in [-0.4, -0.2) is 66.1 Å². The maximum absolute atomic E-state index is 11.4. The Balaban J connectivity index is 2.73. The number of ether oxygens (including phenoxy) is 1. The van der Waals surface area contributed by atoms with E-state index < -0.39 is 54.7 Å². The van der Waals surface area contributed by atoms with Crippen LogP contribution in [-0.2, 0) is 31.6 Å². The lowest BCUT2D eigenvalue weighted by Crippen LogP contribution is -2.53. The van der Waals surface area contributed by atoms with Crippen molar-refractivity contribution in [3.63, 3.8) is 0 Å². The zero-order valence-electron chi connectivity index (χ0n) is 10.3. The van der Waals surface area contributed by atoms with E-state index in [4.69, 9.17) is 19.8 Å². The topological polar surface area (TPSA) is 230 Å². The normalized spacial score (nSPS) is 35.6. The zero-order valence-corrected chi connectivity index (χ0v) is 13.0. The lowest BCUT2D eigenvalue weighted by Gasteiger charge is -2.35. The van der Waals surface area contributed by atoms with Crippen molar-refractivity contribution in [1.29, 1.82) is 0 Å². The predicted molar refractivity (Wildman–Crippen MR) is 62.7 cm³/mol. The van der Waals surface area contributed by atoms with E-state index in [1.165, 1.54) is 0 Å². The summed E-state index contributed by atoms with van der Waals surface area (Å²) in [5.41, 5.74) is 0. The number of hydrogen-bond acceptors (Lipinski definition) is 10. The summed E-state index contributed by atoms with van der Waals surface area (Å²) in [6.07, 6.45) is -7.39. The fourth-order valence-electron chi connectivity index (χ4n) is 1.30. The van der Waals surface area contributed by atoms with E-state index in [-0.39, 0.29) is 0 Å². The van der Waals surface area contributed by atoms with E-state index >= 15 is 0 Å². The fraction of sp³-hybridized carbons (Fsp3) is 1.00. The first kappa shape index (κ1) is 20.3. The molecular formula is C5H13O14P3. The van der Waals surface area contributed by atoms with Gasteiger partial charge in [-0.2, -0.15) is 8.62 Å². The molecule has 1 saturated heterocycles. The molecule has 14 nitrogen and oxygen atoms in total. The molecule has 1 rings (SSSR count). The minimum Gasteiger partial charge on any atom is -0.388 e. The summed E-state index contributed by atoms with van der Waals surface area (Å²) < 4.78 is 48.4. The number of aliphatic hydroxyl groups is 3. The van der Waals surface area contributed by atoms with Gasteiger partial charge in [-0.15, -0.1) is 0 Å². The van der Waals surface area contributed by atoms with Crippen molar-refractivity contribution in [2.45, 2.75) is 24.6 Å². The molecule has 3 unspecified atom stereocenters. The van der Waals surface area contributed by atoms with Crippen molar-refractivity contribution in [3.8, 4) is 0 Å². The molecule has 22 heavy (non-hydrogen) atoms. The van der Waals surface area contributed by atoms with Crippen molar-refractivity contribution in [2.24, 2.45) is 0 Å². The first-order valence-electron chi connectivity index (χ1n) is 5.20. The fourth-order valence-corrected chi connectivity index (χ4v) is 4.41. The lowest BCUT2D eigenvalue weighted by molar-refractivity contribution is -0.245. The Hall–Kier alpha value is 0.250. The third-order valence-corrected chi connectivity index (χ3v) is 5.91. The largest absolute Gasteiger partial charge is 0.490 e. The SMILES string of the molecule is O=P(O)(O)OP(=O)(O)OP(=O)(O)OC1OC[C@@H](O)[C@@H](O)[C@@H]1O. The van der Waals surface area contributed by atoms with Crippen molar-refractivity contribution in [2.75, 3.05) is 6.61 Å². The molecule has 7 N–H and O–H groups in total. The molecule has 0 aromatic rings. The second-order valence-corrected chi connectivity index (χ2v) is 8.32. The third kappa shape index (κ3) is 6.40. The Morgan fingerprint density at radius 1 is 0.864 bits per heavy atom. The number of rotatable bonds is 6. The van der Waals surface area contributed by atoms with E-state index in [1.54, 1.807) is 0 Å². The molecule has 0 aliphatic carbocycles. The van der Waals surface area contributed by atoms with Gasteiger partial charge in [0.05, 0.1) is 6.61 Å². The molecule has 0 aromatic heterocycles. The maximum atomic E-state index is 11.4. The Morgan fingerprint density at radius 3 is 1.91 bits per heavy atom. The maximum Gasteiger partial charge on any atom is 0.490 e. The molecule has 0 spiro atoms. The third-order valence-electron chi connectivity index (χ3n) is 2.11. The van der Waals surface area contributed by atoms with Crippen LogP contribution in [0.4, 0.5) is 0 Å². The van der Waals surface area contributed by atoms with Gasteiger partial charge in [-0.3, -0.25) is 4.52 Å². The summed E-state index contributed by atoms with van der Waals surface area (Å²) in [5, 5.41) is 27.8. The molecule has 17 heteroatoms. The Labute approximate surface area is 122 Å². The summed E-state index contributed by atoms with van der Waals surface area (Å²) in [5.74, 6) is 0. The van der Waals surface area contributed by atoms with Gasteiger partial charge in [-0.1, -0.05) is 0 Å². The van der Waals surface area contributed by atoms with E-state index in [0.29, 0.717) is 0 Å². The second kappa shape index (κ2) is 7.01. The van der Waals surface area contributed by atoms with Gasteiger partial charge in [-0.05, 0) is 0 Å². The number of aliphatic hydroxyl groups excluding tert-OH is 3. The summed E-state index contributed by atoms with van der Waals surface area (Å²) in [4.78, 5) is 34.7. The highest BCUT2D eigenvalue weighted by Gasteiger charge is 2.46. The van der Waals surface area contributed by atoms with Gasteiger partial charge in [0, 0.05) is 0 Å². The molecule has 0 radical (unpaired) electrons. The minimum absolute atomic E-state index is 0.612. The summed E-state index contributed by atoms with van der Waals surface area (Å²) >= 11 is 0. The average Bonchev–Trinajstić information content (AvgIpc) is 2.25. The Morgan fingerprint density at radius 2 is 1.41 bits per heavy atom. The van der Waals surface area contributed by atoms with E-state index in [1.807, 2.05) is 0 Å². The Bertz CT molecular complexity index is 527. The number of hydrogen-bond donors (Lipinski definition) is 7. The smallest absolute Gasteiger partial charge is 0.388 e. The molecule has 132 valence electrons. The van der Waals surface area contributed by atoms with Crippen LogP contribution < -0.4 is 0 Å². The molecular weight excluding hydrogens is 377 g/mol. The van der Waals surface area contributed by atoms with E-state index in [9.17, 15) is 28.8 Å². The van der Waals surface area contributed by atoms with Crippen molar-refractivity contribution >= 4 is 23.5 Å². The van der Waals surface area contributed by atoms with Crippen LogP contribution in [0.3, 0.4) is 0 Å². The van der Waals surface area contributed by atoms with Crippen LogP contribution in [0.2, 0.25) is 0 Å². The van der Waals surface area contributed by atoms with Gasteiger partial charge in [0.15, 0.2) is 6.29 Å². The highest BCUT2D eigenvalue weighted by Crippen LogP contribution is 2.66. The van der Waals surface area contributed by atoms with Crippen molar-refractivity contribution in [3.05, 3.63) is 0 Å². The number of phosphoric ester groups is 1. The molecule has 1 heterocycles. The van der Waals surface area contributed by atoms with Crippen molar-refractivity contribution in [1.82, 2.24) is 0 Å². The number of phosphoric acid groups is 3. The van der Waals surface area contributed by atoms with Crippen LogP contribution in [0.1, 0.15) is 0 Å². The minimum atomic E-state index is -5.70. The summed E-state index contributed by atoms with van der Waals surface area (Å²) in [6, 6.07) is 0.